The molecule has 0 saturated carbocycles. The maximum absolute atomic E-state index is 10.1. The Labute approximate surface area is 113 Å². The van der Waals surface area contributed by atoms with Crippen molar-refractivity contribution in [3.63, 3.8) is 0 Å². The van der Waals surface area contributed by atoms with Crippen molar-refractivity contribution in [2.24, 2.45) is 10.9 Å². The maximum Gasteiger partial charge on any atom is 0.214 e. The lowest BCUT2D eigenvalue weighted by molar-refractivity contribution is 0.118. The SMILES string of the molecule is C=C[C@H](C)[C@@H](O)C1=N[C@@H](CO)[C@H](c2ccccc2)O1. The Hall–Kier alpha value is -1.65. The highest BCUT2D eigenvalue weighted by molar-refractivity contribution is 5.83. The second kappa shape index (κ2) is 5.99. The number of aliphatic hydroxyl groups excluding tert-OH is 2. The van der Waals surface area contributed by atoms with Gasteiger partial charge in [-0.3, -0.25) is 0 Å². The Morgan fingerprint density at radius 3 is 2.68 bits per heavy atom. The summed E-state index contributed by atoms with van der Waals surface area (Å²) in [6.45, 7) is 5.38. The van der Waals surface area contributed by atoms with Crippen LogP contribution >= 0.6 is 0 Å². The summed E-state index contributed by atoms with van der Waals surface area (Å²) in [5.74, 6) is 0.132. The van der Waals surface area contributed by atoms with Gasteiger partial charge in [0.2, 0.25) is 5.90 Å². The van der Waals surface area contributed by atoms with Gasteiger partial charge in [0.1, 0.15) is 18.2 Å². The first-order chi connectivity index (χ1) is 9.17. The van der Waals surface area contributed by atoms with Crippen LogP contribution in [0.4, 0.5) is 0 Å². The van der Waals surface area contributed by atoms with Crippen molar-refractivity contribution in [2.75, 3.05) is 6.61 Å². The van der Waals surface area contributed by atoms with Crippen LogP contribution in [0.1, 0.15) is 18.6 Å². The molecule has 2 rings (SSSR count). The van der Waals surface area contributed by atoms with Crippen molar-refractivity contribution >= 4 is 5.90 Å². The summed E-state index contributed by atoms with van der Waals surface area (Å²) in [5, 5.41) is 19.5. The number of nitrogens with zero attached hydrogens (tertiary/aromatic N) is 1. The van der Waals surface area contributed by atoms with E-state index in [4.69, 9.17) is 4.74 Å². The van der Waals surface area contributed by atoms with Crippen molar-refractivity contribution in [1.82, 2.24) is 0 Å². The normalized spacial score (nSPS) is 25.3. The Balaban J connectivity index is 2.17. The Kier molecular flexibility index (Phi) is 4.35. The van der Waals surface area contributed by atoms with Gasteiger partial charge in [0.25, 0.3) is 0 Å². The molecule has 0 saturated heterocycles. The topological polar surface area (TPSA) is 62.1 Å². The van der Waals surface area contributed by atoms with Crippen LogP contribution in [0.15, 0.2) is 48.0 Å². The molecule has 4 heteroatoms. The van der Waals surface area contributed by atoms with Crippen LogP contribution in [0.5, 0.6) is 0 Å². The third kappa shape index (κ3) is 2.85. The molecule has 0 aliphatic carbocycles. The minimum absolute atomic E-state index is 0.113. The Morgan fingerprint density at radius 2 is 2.11 bits per heavy atom. The Bertz CT molecular complexity index is 458. The molecular weight excluding hydrogens is 242 g/mol. The summed E-state index contributed by atoms with van der Waals surface area (Å²) in [5.41, 5.74) is 0.943. The van der Waals surface area contributed by atoms with Gasteiger partial charge in [0.05, 0.1) is 6.61 Å². The molecular formula is C15H19NO3. The van der Waals surface area contributed by atoms with Crippen LogP contribution < -0.4 is 0 Å². The Morgan fingerprint density at radius 1 is 1.42 bits per heavy atom. The second-order valence-corrected chi connectivity index (χ2v) is 4.71. The molecule has 0 spiro atoms. The molecule has 4 nitrogen and oxygen atoms in total. The molecule has 2 N–H and O–H groups in total. The zero-order valence-corrected chi connectivity index (χ0v) is 10.9. The number of aliphatic imine (C=N–C) groups is 1. The molecule has 1 aliphatic heterocycles. The predicted octanol–water partition coefficient (Wildman–Crippen LogP) is 1.70. The smallest absolute Gasteiger partial charge is 0.214 e. The third-order valence-electron chi connectivity index (χ3n) is 3.33. The molecule has 19 heavy (non-hydrogen) atoms. The zero-order chi connectivity index (χ0) is 13.8. The molecule has 0 aromatic heterocycles. The van der Waals surface area contributed by atoms with Crippen molar-refractivity contribution in [1.29, 1.82) is 0 Å². The average molecular weight is 261 g/mol. The molecule has 0 fully saturated rings. The molecule has 1 aromatic carbocycles. The van der Waals surface area contributed by atoms with E-state index in [1.54, 1.807) is 6.08 Å². The van der Waals surface area contributed by atoms with Crippen LogP contribution in [0.3, 0.4) is 0 Å². The van der Waals surface area contributed by atoms with Crippen LogP contribution in [-0.2, 0) is 4.74 Å². The number of benzene rings is 1. The quantitative estimate of drug-likeness (QED) is 0.793. The van der Waals surface area contributed by atoms with E-state index >= 15 is 0 Å². The highest BCUT2D eigenvalue weighted by Crippen LogP contribution is 2.30. The largest absolute Gasteiger partial charge is 0.468 e. The molecule has 0 unspecified atom stereocenters. The fourth-order valence-corrected chi connectivity index (χ4v) is 2.04. The van der Waals surface area contributed by atoms with E-state index in [0.717, 1.165) is 5.56 Å². The number of aliphatic hydroxyl groups is 2. The summed E-state index contributed by atoms with van der Waals surface area (Å²) in [6, 6.07) is 9.22. The first-order valence-electron chi connectivity index (χ1n) is 6.38. The van der Waals surface area contributed by atoms with E-state index < -0.39 is 6.10 Å². The molecule has 1 heterocycles. The van der Waals surface area contributed by atoms with Gasteiger partial charge in [-0.1, -0.05) is 43.3 Å². The van der Waals surface area contributed by atoms with Gasteiger partial charge in [-0.15, -0.1) is 6.58 Å². The molecule has 0 amide bonds. The summed E-state index contributed by atoms with van der Waals surface area (Å²) < 4.78 is 5.73. The van der Waals surface area contributed by atoms with Gasteiger partial charge in [0, 0.05) is 5.92 Å². The fourth-order valence-electron chi connectivity index (χ4n) is 2.04. The van der Waals surface area contributed by atoms with Crippen LogP contribution in [0.2, 0.25) is 0 Å². The first kappa shape index (κ1) is 13.8. The lowest BCUT2D eigenvalue weighted by atomic mass is 10.0. The summed E-state index contributed by atoms with van der Waals surface area (Å²) in [6.07, 6.45) is 0.494. The van der Waals surface area contributed by atoms with Gasteiger partial charge >= 0.3 is 0 Å². The van der Waals surface area contributed by atoms with Crippen molar-refractivity contribution in [3.8, 4) is 0 Å². The highest BCUT2D eigenvalue weighted by atomic mass is 16.5. The monoisotopic (exact) mass is 261 g/mol. The van der Waals surface area contributed by atoms with Gasteiger partial charge in [-0.2, -0.15) is 0 Å². The number of ether oxygens (including phenoxy) is 1. The van der Waals surface area contributed by atoms with Crippen LogP contribution in [0.25, 0.3) is 0 Å². The van der Waals surface area contributed by atoms with Gasteiger partial charge < -0.3 is 14.9 Å². The van der Waals surface area contributed by atoms with Gasteiger partial charge in [-0.25, -0.2) is 4.99 Å². The van der Waals surface area contributed by atoms with Gasteiger partial charge in [-0.05, 0) is 5.56 Å². The van der Waals surface area contributed by atoms with E-state index in [1.807, 2.05) is 37.3 Å². The molecule has 1 aliphatic rings. The van der Waals surface area contributed by atoms with E-state index in [0.29, 0.717) is 0 Å². The van der Waals surface area contributed by atoms with Crippen molar-refractivity contribution in [2.45, 2.75) is 25.2 Å². The third-order valence-corrected chi connectivity index (χ3v) is 3.33. The van der Waals surface area contributed by atoms with E-state index in [1.165, 1.54) is 0 Å². The van der Waals surface area contributed by atoms with Crippen LogP contribution in [-0.4, -0.2) is 34.9 Å². The maximum atomic E-state index is 10.1. The van der Waals surface area contributed by atoms with Gasteiger partial charge in [0.15, 0.2) is 0 Å². The minimum atomic E-state index is -0.819. The lowest BCUT2D eigenvalue weighted by Crippen LogP contribution is -2.27. The number of hydrogen-bond donors (Lipinski definition) is 2. The number of hydrogen-bond acceptors (Lipinski definition) is 4. The highest BCUT2D eigenvalue weighted by Gasteiger charge is 2.35. The molecule has 4 atom stereocenters. The first-order valence-corrected chi connectivity index (χ1v) is 6.38. The van der Waals surface area contributed by atoms with E-state index in [9.17, 15) is 10.2 Å². The minimum Gasteiger partial charge on any atom is -0.468 e. The van der Waals surface area contributed by atoms with E-state index in [2.05, 4.69) is 11.6 Å². The standard InChI is InChI=1S/C15H19NO3/c1-3-10(2)13(18)15-16-12(9-17)14(19-15)11-7-5-4-6-8-11/h3-8,10,12-14,17-18H,1,9H2,2H3/t10-,12-,13+,14-/m0/s1. The fraction of sp³-hybridized carbons (Fsp3) is 0.400. The molecule has 0 radical (unpaired) electrons. The molecule has 0 bridgehead atoms. The summed E-state index contributed by atoms with van der Waals surface area (Å²) >= 11 is 0. The van der Waals surface area contributed by atoms with Crippen molar-refractivity contribution in [3.05, 3.63) is 48.6 Å². The summed E-state index contributed by atoms with van der Waals surface area (Å²) in [4.78, 5) is 4.28. The van der Waals surface area contributed by atoms with Crippen molar-refractivity contribution < 1.29 is 14.9 Å². The van der Waals surface area contributed by atoms with Crippen LogP contribution in [0, 0.1) is 5.92 Å². The second-order valence-electron chi connectivity index (χ2n) is 4.71. The molecule has 102 valence electrons. The molecule has 1 aromatic rings. The predicted molar refractivity (Wildman–Crippen MR) is 73.9 cm³/mol. The van der Waals surface area contributed by atoms with E-state index in [-0.39, 0.29) is 30.6 Å². The summed E-state index contributed by atoms with van der Waals surface area (Å²) in [7, 11) is 0. The zero-order valence-electron chi connectivity index (χ0n) is 10.9. The lowest BCUT2D eigenvalue weighted by Gasteiger charge is -2.19. The number of rotatable bonds is 5. The average Bonchev–Trinajstić information content (AvgIpc) is 2.90.